The third-order valence-electron chi connectivity index (χ3n) is 3.94. The molecule has 2 aliphatic heterocycles. The summed E-state index contributed by atoms with van der Waals surface area (Å²) in [5, 5.41) is 6.57. The highest BCUT2D eigenvalue weighted by molar-refractivity contribution is 5.74. The lowest BCUT2D eigenvalue weighted by Gasteiger charge is -2.37. The maximum Gasteiger partial charge on any atom is 0.317 e. The average molecular weight is 239 g/mol. The van der Waals surface area contributed by atoms with Crippen LogP contribution in [-0.4, -0.2) is 42.1 Å². The summed E-state index contributed by atoms with van der Waals surface area (Å²) in [6.45, 7) is 5.73. The molecule has 4 heteroatoms. The molecule has 2 rings (SSSR count). The summed E-state index contributed by atoms with van der Waals surface area (Å²) in [6.07, 6.45) is 5.88. The smallest absolute Gasteiger partial charge is 0.317 e. The van der Waals surface area contributed by atoms with Crippen molar-refractivity contribution in [2.24, 2.45) is 0 Å². The van der Waals surface area contributed by atoms with Crippen LogP contribution in [0.5, 0.6) is 0 Å². The van der Waals surface area contributed by atoms with Crippen LogP contribution in [0.15, 0.2) is 0 Å². The van der Waals surface area contributed by atoms with E-state index >= 15 is 0 Å². The summed E-state index contributed by atoms with van der Waals surface area (Å²) in [5.74, 6) is 0. The van der Waals surface area contributed by atoms with Gasteiger partial charge >= 0.3 is 6.03 Å². The van der Waals surface area contributed by atoms with Crippen LogP contribution >= 0.6 is 0 Å². The topological polar surface area (TPSA) is 44.4 Å². The van der Waals surface area contributed by atoms with E-state index in [-0.39, 0.29) is 6.03 Å². The maximum atomic E-state index is 12.1. The van der Waals surface area contributed by atoms with Crippen molar-refractivity contribution in [1.29, 1.82) is 0 Å². The first kappa shape index (κ1) is 12.7. The van der Waals surface area contributed by atoms with Crippen molar-refractivity contribution in [2.45, 2.75) is 64.1 Å². The number of carbonyl (C=O) groups is 1. The van der Waals surface area contributed by atoms with Gasteiger partial charge in [-0.2, -0.15) is 0 Å². The van der Waals surface area contributed by atoms with Crippen LogP contribution < -0.4 is 10.6 Å². The molecular formula is C13H25N3O. The molecule has 2 aliphatic rings. The molecule has 98 valence electrons. The Morgan fingerprint density at radius 3 is 2.47 bits per heavy atom. The lowest BCUT2D eigenvalue weighted by atomic mass is 9.98. The Labute approximate surface area is 104 Å². The predicted molar refractivity (Wildman–Crippen MR) is 69.0 cm³/mol. The Morgan fingerprint density at radius 1 is 1.29 bits per heavy atom. The molecule has 2 N–H and O–H groups in total. The van der Waals surface area contributed by atoms with Gasteiger partial charge in [-0.05, 0) is 39.0 Å². The molecule has 0 spiro atoms. The van der Waals surface area contributed by atoms with E-state index in [0.29, 0.717) is 18.1 Å². The quantitative estimate of drug-likeness (QED) is 0.784. The Kier molecular flexibility index (Phi) is 4.26. The summed E-state index contributed by atoms with van der Waals surface area (Å²) in [5.41, 5.74) is 0. The van der Waals surface area contributed by atoms with Gasteiger partial charge in [0.15, 0.2) is 0 Å². The number of nitrogens with one attached hydrogen (secondary N) is 2. The zero-order chi connectivity index (χ0) is 12.3. The lowest BCUT2D eigenvalue weighted by Crippen LogP contribution is -2.53. The number of rotatable bonds is 4. The van der Waals surface area contributed by atoms with Crippen LogP contribution in [0.2, 0.25) is 0 Å². The molecule has 2 heterocycles. The molecule has 0 aromatic rings. The number of hydrogen-bond acceptors (Lipinski definition) is 2. The van der Waals surface area contributed by atoms with E-state index < -0.39 is 0 Å². The van der Waals surface area contributed by atoms with Crippen LogP contribution in [0.1, 0.15) is 46.0 Å². The van der Waals surface area contributed by atoms with Crippen molar-refractivity contribution in [3.05, 3.63) is 0 Å². The minimum Gasteiger partial charge on any atom is -0.338 e. The Balaban J connectivity index is 1.97. The molecule has 2 amide bonds. The molecule has 0 aromatic carbocycles. The Hall–Kier alpha value is -0.770. The van der Waals surface area contributed by atoms with Gasteiger partial charge in [0.25, 0.3) is 0 Å². The van der Waals surface area contributed by atoms with Gasteiger partial charge in [-0.1, -0.05) is 6.92 Å². The van der Waals surface area contributed by atoms with E-state index in [0.717, 1.165) is 32.4 Å². The summed E-state index contributed by atoms with van der Waals surface area (Å²) < 4.78 is 0. The number of nitrogens with zero attached hydrogens (tertiary/aromatic N) is 1. The molecule has 2 atom stereocenters. The highest BCUT2D eigenvalue weighted by Crippen LogP contribution is 2.29. The average Bonchev–Trinajstić information content (AvgIpc) is 2.65. The van der Waals surface area contributed by atoms with Crippen molar-refractivity contribution >= 4 is 6.03 Å². The lowest BCUT2D eigenvalue weighted by molar-refractivity contribution is 0.147. The summed E-state index contributed by atoms with van der Waals surface area (Å²) >= 11 is 0. The van der Waals surface area contributed by atoms with Crippen molar-refractivity contribution < 1.29 is 4.79 Å². The van der Waals surface area contributed by atoms with Crippen molar-refractivity contribution in [3.8, 4) is 0 Å². The van der Waals surface area contributed by atoms with Crippen LogP contribution in [0, 0.1) is 0 Å². The first-order valence-corrected chi connectivity index (χ1v) is 7.05. The first-order chi connectivity index (χ1) is 8.24. The number of amides is 2. The second-order valence-corrected chi connectivity index (χ2v) is 5.29. The van der Waals surface area contributed by atoms with Crippen molar-refractivity contribution in [2.75, 3.05) is 13.1 Å². The molecule has 0 saturated carbocycles. The van der Waals surface area contributed by atoms with Crippen molar-refractivity contribution in [3.63, 3.8) is 0 Å². The number of hydrogen-bond donors (Lipinski definition) is 2. The van der Waals surface area contributed by atoms with Crippen LogP contribution in [0.4, 0.5) is 4.79 Å². The molecular weight excluding hydrogens is 214 g/mol. The molecule has 2 fully saturated rings. The van der Waals surface area contributed by atoms with Gasteiger partial charge in [-0.3, -0.25) is 0 Å². The fraction of sp³-hybridized carbons (Fsp3) is 0.923. The third-order valence-corrected chi connectivity index (χ3v) is 3.94. The summed E-state index contributed by atoms with van der Waals surface area (Å²) in [4.78, 5) is 14.1. The van der Waals surface area contributed by atoms with E-state index in [9.17, 15) is 4.79 Å². The van der Waals surface area contributed by atoms with E-state index in [4.69, 9.17) is 0 Å². The number of piperidine rings is 1. The summed E-state index contributed by atoms with van der Waals surface area (Å²) in [7, 11) is 0. The maximum absolute atomic E-state index is 12.1. The van der Waals surface area contributed by atoms with Gasteiger partial charge in [0.1, 0.15) is 0 Å². The van der Waals surface area contributed by atoms with Gasteiger partial charge < -0.3 is 15.5 Å². The highest BCUT2D eigenvalue weighted by atomic mass is 16.2. The van der Waals surface area contributed by atoms with E-state index in [1.54, 1.807) is 0 Å². The van der Waals surface area contributed by atoms with Gasteiger partial charge in [-0.15, -0.1) is 0 Å². The van der Waals surface area contributed by atoms with E-state index in [1.807, 2.05) is 6.92 Å². The van der Waals surface area contributed by atoms with Crippen molar-refractivity contribution in [1.82, 2.24) is 15.5 Å². The van der Waals surface area contributed by atoms with E-state index in [2.05, 4.69) is 22.5 Å². The fourth-order valence-electron chi connectivity index (χ4n) is 3.23. The molecule has 0 aromatic heterocycles. The molecule has 2 saturated heterocycles. The predicted octanol–water partition coefficient (Wildman–Crippen LogP) is 1.71. The zero-order valence-corrected chi connectivity index (χ0v) is 11.0. The number of fused-ring (bicyclic) bond motifs is 2. The summed E-state index contributed by atoms with van der Waals surface area (Å²) in [6, 6.07) is 1.86. The second-order valence-electron chi connectivity index (χ2n) is 5.29. The third kappa shape index (κ3) is 2.92. The van der Waals surface area contributed by atoms with Crippen LogP contribution in [-0.2, 0) is 0 Å². The zero-order valence-electron chi connectivity index (χ0n) is 11.0. The van der Waals surface area contributed by atoms with Gasteiger partial charge in [0, 0.05) is 31.2 Å². The minimum atomic E-state index is 0.126. The normalized spacial score (nSPS) is 31.3. The molecule has 0 aliphatic carbocycles. The number of urea groups is 1. The monoisotopic (exact) mass is 239 g/mol. The molecule has 2 unspecified atom stereocenters. The highest BCUT2D eigenvalue weighted by Gasteiger charge is 2.37. The van der Waals surface area contributed by atoms with Crippen LogP contribution in [0.25, 0.3) is 0 Å². The van der Waals surface area contributed by atoms with Gasteiger partial charge in [-0.25, -0.2) is 4.79 Å². The Morgan fingerprint density at radius 2 is 1.94 bits per heavy atom. The largest absolute Gasteiger partial charge is 0.338 e. The van der Waals surface area contributed by atoms with Crippen LogP contribution in [0.3, 0.4) is 0 Å². The fourth-order valence-corrected chi connectivity index (χ4v) is 3.23. The standard InChI is InChI=1S/C13H25N3O/c1-3-7-16(13(17)14-4-2)12-8-10-5-6-11(9-12)15-10/h10-12,15H,3-9H2,1-2H3,(H,14,17). The first-order valence-electron chi connectivity index (χ1n) is 7.05. The SMILES string of the molecule is CCCN(C(=O)NCC)C1CC2CCC(C1)N2. The Bertz CT molecular complexity index is 257. The molecule has 4 nitrogen and oxygen atoms in total. The molecule has 0 radical (unpaired) electrons. The van der Waals surface area contributed by atoms with Gasteiger partial charge in [0.2, 0.25) is 0 Å². The van der Waals surface area contributed by atoms with Gasteiger partial charge in [0.05, 0.1) is 0 Å². The molecule has 2 bridgehead atoms. The number of carbonyl (C=O) groups excluding carboxylic acids is 1. The minimum absolute atomic E-state index is 0.126. The van der Waals surface area contributed by atoms with E-state index in [1.165, 1.54) is 12.8 Å². The second kappa shape index (κ2) is 5.71. The molecule has 17 heavy (non-hydrogen) atoms.